The highest BCUT2D eigenvalue weighted by Gasteiger charge is 2.43. The number of carbonyl (C=O) groups excluding carboxylic acids is 1. The van der Waals surface area contributed by atoms with Crippen LogP contribution < -0.4 is 15.9 Å². The minimum Gasteiger partial charge on any atom is -0.497 e. The molecule has 0 spiro atoms. The second kappa shape index (κ2) is 12.4. The summed E-state index contributed by atoms with van der Waals surface area (Å²) >= 11 is 0. The number of rotatable bonds is 8. The van der Waals surface area contributed by atoms with Gasteiger partial charge in [0.05, 0.1) is 19.1 Å². The number of aliphatic hydroxyl groups excluding tert-OH is 1. The molecule has 39 heavy (non-hydrogen) atoms. The summed E-state index contributed by atoms with van der Waals surface area (Å²) < 4.78 is 33.9. The second-order valence-electron chi connectivity index (χ2n) is 9.81. The molecule has 6 N–H and O–H groups in total. The van der Waals surface area contributed by atoms with E-state index in [9.17, 15) is 18.7 Å². The molecule has 0 bridgehead atoms. The van der Waals surface area contributed by atoms with Gasteiger partial charge in [-0.2, -0.15) is 0 Å². The van der Waals surface area contributed by atoms with E-state index in [0.717, 1.165) is 30.0 Å². The van der Waals surface area contributed by atoms with Crippen molar-refractivity contribution >= 4 is 17.6 Å². The quantitative estimate of drug-likeness (QED) is 0.258. The zero-order valence-electron chi connectivity index (χ0n) is 21.8. The Hall–Kier alpha value is -3.83. The van der Waals surface area contributed by atoms with Crippen LogP contribution in [0.4, 0.5) is 8.78 Å². The summed E-state index contributed by atoms with van der Waals surface area (Å²) in [6.45, 7) is 0.763. The molecular weight excluding hydrogens is 506 g/mol. The van der Waals surface area contributed by atoms with E-state index in [1.54, 1.807) is 17.0 Å². The van der Waals surface area contributed by atoms with Gasteiger partial charge in [-0.15, -0.1) is 0 Å². The molecule has 2 aromatic carbocycles. The number of likely N-dealkylation sites (tertiary alicyclic amines) is 1. The molecule has 4 rings (SSSR count). The highest BCUT2D eigenvalue weighted by Crippen LogP contribution is 2.37. The number of amides is 1. The van der Waals surface area contributed by atoms with Gasteiger partial charge in [0.1, 0.15) is 29.1 Å². The van der Waals surface area contributed by atoms with Gasteiger partial charge in [-0.3, -0.25) is 20.6 Å². The molecule has 0 aliphatic carbocycles. The van der Waals surface area contributed by atoms with Crippen LogP contribution in [0.25, 0.3) is 0 Å². The Kier molecular flexibility index (Phi) is 8.93. The molecule has 2 heterocycles. The fourth-order valence-corrected chi connectivity index (χ4v) is 5.40. The Labute approximate surface area is 226 Å². The van der Waals surface area contributed by atoms with Gasteiger partial charge in [0.25, 0.3) is 0 Å². The number of hydrogen-bond acceptors (Lipinski definition) is 6. The third-order valence-electron chi connectivity index (χ3n) is 7.32. The fraction of sp³-hybridized carbons (Fsp3) is 0.393. The molecule has 11 heteroatoms. The van der Waals surface area contributed by atoms with E-state index >= 15 is 0 Å². The van der Waals surface area contributed by atoms with Crippen LogP contribution in [0.2, 0.25) is 0 Å². The predicted molar refractivity (Wildman–Crippen MR) is 144 cm³/mol. The number of halogens is 2. The first kappa shape index (κ1) is 28.2. The lowest BCUT2D eigenvalue weighted by molar-refractivity contribution is -0.141. The Morgan fingerprint density at radius 3 is 2.64 bits per heavy atom. The number of ether oxygens (including phenoxy) is 1. The summed E-state index contributed by atoms with van der Waals surface area (Å²) in [4.78, 5) is 15.6. The summed E-state index contributed by atoms with van der Waals surface area (Å²) in [5.74, 6) is -2.47. The average molecular weight is 541 g/mol. The largest absolute Gasteiger partial charge is 0.497 e. The lowest BCUT2D eigenvalue weighted by Gasteiger charge is -2.37. The standard InChI is InChI=1S/C28H34F2N6O3/c1-39-19-5-7-20(17(13-19)10-12-37)25-3-2-11-36(34-25)28(38)23-16-35(27(33)9-8-26(31)32)15-22(23)21-6-4-18(29)14-24(21)30/h4-9,13-14,22-23,25,33-34,37H,2-3,10-12,15-16H2,1H3,(H3,31,32)/b9-8-,33-27?/t22-,23+,25?/m0/s1. The summed E-state index contributed by atoms with van der Waals surface area (Å²) in [6.07, 6.45) is 4.60. The van der Waals surface area contributed by atoms with Gasteiger partial charge >= 0.3 is 0 Å². The molecule has 2 aromatic rings. The average Bonchev–Trinajstić information content (AvgIpc) is 3.36. The smallest absolute Gasteiger partial charge is 0.242 e. The highest BCUT2D eigenvalue weighted by atomic mass is 19.1. The Balaban J connectivity index is 1.60. The number of hydrogen-bond donors (Lipinski definition) is 5. The zero-order valence-corrected chi connectivity index (χ0v) is 21.8. The van der Waals surface area contributed by atoms with Crippen molar-refractivity contribution in [1.29, 1.82) is 10.8 Å². The maximum absolute atomic E-state index is 14.9. The Morgan fingerprint density at radius 2 is 1.95 bits per heavy atom. The molecule has 3 atom stereocenters. The molecule has 208 valence electrons. The van der Waals surface area contributed by atoms with Crippen LogP contribution in [0.15, 0.2) is 48.6 Å². The fourth-order valence-electron chi connectivity index (χ4n) is 5.40. The van der Waals surface area contributed by atoms with Crippen molar-refractivity contribution < 1.29 is 23.4 Å². The van der Waals surface area contributed by atoms with Crippen molar-refractivity contribution in [2.45, 2.75) is 31.2 Å². The lowest BCUT2D eigenvalue weighted by Crippen LogP contribution is -2.52. The third-order valence-corrected chi connectivity index (χ3v) is 7.32. The molecule has 2 saturated heterocycles. The van der Waals surface area contributed by atoms with Crippen molar-refractivity contribution in [2.24, 2.45) is 11.7 Å². The van der Waals surface area contributed by atoms with E-state index in [0.29, 0.717) is 18.7 Å². The van der Waals surface area contributed by atoms with Crippen LogP contribution in [0.5, 0.6) is 5.75 Å². The normalized spacial score (nSPS) is 21.4. The third kappa shape index (κ3) is 6.43. The first-order chi connectivity index (χ1) is 18.7. The summed E-state index contributed by atoms with van der Waals surface area (Å²) in [6, 6.07) is 8.83. The monoisotopic (exact) mass is 540 g/mol. The lowest BCUT2D eigenvalue weighted by atomic mass is 9.87. The van der Waals surface area contributed by atoms with E-state index in [1.807, 2.05) is 18.2 Å². The Bertz CT molecular complexity index is 1270. The van der Waals surface area contributed by atoms with Gasteiger partial charge in [0, 0.05) is 38.2 Å². The minimum absolute atomic E-state index is 0.0254. The highest BCUT2D eigenvalue weighted by molar-refractivity contribution is 5.99. The van der Waals surface area contributed by atoms with Gasteiger partial charge < -0.3 is 20.5 Å². The van der Waals surface area contributed by atoms with Crippen LogP contribution in [0.1, 0.15) is 41.5 Å². The SMILES string of the molecule is COc1ccc(C2CCCN(C(=O)[C@@H]3CN(C(=N)/C=C\C(=N)N)C[C@H]3c3ccc(F)cc3F)N2)c(CCO)c1. The van der Waals surface area contributed by atoms with Gasteiger partial charge in [0.15, 0.2) is 0 Å². The Morgan fingerprint density at radius 1 is 1.18 bits per heavy atom. The number of amidine groups is 2. The molecule has 0 aromatic heterocycles. The summed E-state index contributed by atoms with van der Waals surface area (Å²) in [5.41, 5.74) is 10.8. The zero-order chi connectivity index (χ0) is 28.1. The number of methoxy groups -OCH3 is 1. The predicted octanol–water partition coefficient (Wildman–Crippen LogP) is 2.86. The van der Waals surface area contributed by atoms with Crippen molar-refractivity contribution in [2.75, 3.05) is 33.4 Å². The molecule has 1 unspecified atom stereocenters. The number of aliphatic hydroxyl groups is 1. The van der Waals surface area contributed by atoms with E-state index in [1.165, 1.54) is 24.3 Å². The molecule has 2 aliphatic rings. The number of nitrogens with one attached hydrogen (secondary N) is 3. The minimum atomic E-state index is -0.734. The van der Waals surface area contributed by atoms with Gasteiger partial charge in [0.2, 0.25) is 5.91 Å². The summed E-state index contributed by atoms with van der Waals surface area (Å²) in [5, 5.41) is 26.9. The van der Waals surface area contributed by atoms with E-state index in [-0.39, 0.29) is 48.9 Å². The van der Waals surface area contributed by atoms with Crippen LogP contribution in [0, 0.1) is 28.4 Å². The van der Waals surface area contributed by atoms with Crippen molar-refractivity contribution in [3.8, 4) is 5.75 Å². The van der Waals surface area contributed by atoms with Crippen molar-refractivity contribution in [3.63, 3.8) is 0 Å². The number of nitrogens with zero attached hydrogens (tertiary/aromatic N) is 2. The van der Waals surface area contributed by atoms with Gasteiger partial charge in [-0.05, 0) is 66.3 Å². The van der Waals surface area contributed by atoms with Crippen LogP contribution in [0.3, 0.4) is 0 Å². The molecular formula is C28H34F2N6O3. The van der Waals surface area contributed by atoms with Crippen LogP contribution >= 0.6 is 0 Å². The molecule has 1 amide bonds. The van der Waals surface area contributed by atoms with Crippen molar-refractivity contribution in [1.82, 2.24) is 15.3 Å². The molecule has 9 nitrogen and oxygen atoms in total. The number of hydrazine groups is 1. The van der Waals surface area contributed by atoms with Crippen LogP contribution in [-0.4, -0.2) is 65.9 Å². The molecule has 2 aliphatic heterocycles. The molecule has 0 saturated carbocycles. The second-order valence-corrected chi connectivity index (χ2v) is 9.81. The van der Waals surface area contributed by atoms with E-state index < -0.39 is 23.5 Å². The molecule has 2 fully saturated rings. The van der Waals surface area contributed by atoms with E-state index in [4.69, 9.17) is 21.3 Å². The van der Waals surface area contributed by atoms with Crippen molar-refractivity contribution in [3.05, 3.63) is 76.9 Å². The number of nitrogens with two attached hydrogens (primary N) is 1. The topological polar surface area (TPSA) is 139 Å². The maximum atomic E-state index is 14.9. The summed E-state index contributed by atoms with van der Waals surface area (Å²) in [7, 11) is 1.58. The maximum Gasteiger partial charge on any atom is 0.242 e. The first-order valence-corrected chi connectivity index (χ1v) is 12.9. The number of carbonyl (C=O) groups is 1. The first-order valence-electron chi connectivity index (χ1n) is 12.9. The molecule has 0 radical (unpaired) electrons. The van der Waals surface area contributed by atoms with Gasteiger partial charge in [-0.25, -0.2) is 14.2 Å². The van der Waals surface area contributed by atoms with Crippen LogP contribution in [-0.2, 0) is 11.2 Å². The number of benzene rings is 2. The van der Waals surface area contributed by atoms with Gasteiger partial charge in [-0.1, -0.05) is 12.1 Å². The van der Waals surface area contributed by atoms with E-state index in [2.05, 4.69) is 5.43 Å².